The molecular formula is C13H16O3. The minimum Gasteiger partial charge on any atom is -0.481 e. The van der Waals surface area contributed by atoms with E-state index >= 15 is 0 Å². The van der Waals surface area contributed by atoms with Crippen LogP contribution < -0.4 is 0 Å². The first-order chi connectivity index (χ1) is 7.66. The predicted octanol–water partition coefficient (Wildman–Crippen LogP) is 2.15. The van der Waals surface area contributed by atoms with Crippen LogP contribution in [0.5, 0.6) is 0 Å². The van der Waals surface area contributed by atoms with Crippen molar-refractivity contribution >= 4 is 5.97 Å². The van der Waals surface area contributed by atoms with Crippen LogP contribution in [-0.4, -0.2) is 16.2 Å². The molecule has 0 saturated heterocycles. The van der Waals surface area contributed by atoms with Gasteiger partial charge in [-0.2, -0.15) is 0 Å². The van der Waals surface area contributed by atoms with Crippen molar-refractivity contribution in [2.45, 2.75) is 31.8 Å². The largest absolute Gasteiger partial charge is 0.481 e. The Balaban J connectivity index is 2.03. The summed E-state index contributed by atoms with van der Waals surface area (Å²) in [5, 5.41) is 18.5. The molecule has 0 spiro atoms. The summed E-state index contributed by atoms with van der Waals surface area (Å²) in [6, 6.07) is 7.63. The molecule has 1 aromatic rings. The highest BCUT2D eigenvalue weighted by Crippen LogP contribution is 2.40. The van der Waals surface area contributed by atoms with E-state index in [1.165, 1.54) is 0 Å². The monoisotopic (exact) mass is 220 g/mol. The fourth-order valence-electron chi connectivity index (χ4n) is 1.87. The number of carbonyl (C=O) groups is 1. The molecule has 0 aliphatic heterocycles. The van der Waals surface area contributed by atoms with E-state index in [9.17, 15) is 9.90 Å². The van der Waals surface area contributed by atoms with Crippen molar-refractivity contribution in [2.75, 3.05) is 0 Å². The molecule has 2 rings (SSSR count). The zero-order chi connectivity index (χ0) is 11.5. The van der Waals surface area contributed by atoms with Gasteiger partial charge in [0.05, 0.1) is 6.10 Å². The van der Waals surface area contributed by atoms with E-state index in [0.29, 0.717) is 12.3 Å². The SMILES string of the molecule is O=C(O)CCc1cccc(C(O)C2CC2)c1. The Kier molecular flexibility index (Phi) is 3.25. The van der Waals surface area contributed by atoms with Gasteiger partial charge in [-0.3, -0.25) is 4.79 Å². The average Bonchev–Trinajstić information content (AvgIpc) is 3.09. The topological polar surface area (TPSA) is 57.5 Å². The molecule has 16 heavy (non-hydrogen) atoms. The van der Waals surface area contributed by atoms with Crippen LogP contribution >= 0.6 is 0 Å². The lowest BCUT2D eigenvalue weighted by Gasteiger charge is -2.10. The summed E-state index contributed by atoms with van der Waals surface area (Å²) in [5.74, 6) is -0.372. The van der Waals surface area contributed by atoms with E-state index in [0.717, 1.165) is 24.0 Å². The zero-order valence-corrected chi connectivity index (χ0v) is 9.10. The Hall–Kier alpha value is -1.35. The fraction of sp³-hybridized carbons (Fsp3) is 0.462. The van der Waals surface area contributed by atoms with Gasteiger partial charge < -0.3 is 10.2 Å². The number of aryl methyl sites for hydroxylation is 1. The van der Waals surface area contributed by atoms with E-state index < -0.39 is 5.97 Å². The molecule has 0 aromatic heterocycles. The summed E-state index contributed by atoms with van der Waals surface area (Å²) in [4.78, 5) is 10.5. The number of aliphatic hydroxyl groups excluding tert-OH is 1. The van der Waals surface area contributed by atoms with E-state index in [1.54, 1.807) is 0 Å². The van der Waals surface area contributed by atoms with Crippen LogP contribution in [0.3, 0.4) is 0 Å². The Morgan fingerprint density at radius 1 is 1.44 bits per heavy atom. The van der Waals surface area contributed by atoms with E-state index in [1.807, 2.05) is 24.3 Å². The predicted molar refractivity (Wildman–Crippen MR) is 60.1 cm³/mol. The van der Waals surface area contributed by atoms with E-state index in [4.69, 9.17) is 5.11 Å². The van der Waals surface area contributed by atoms with Gasteiger partial charge in [0.2, 0.25) is 0 Å². The lowest BCUT2D eigenvalue weighted by atomic mass is 10.0. The fourth-order valence-corrected chi connectivity index (χ4v) is 1.87. The molecule has 0 bridgehead atoms. The maximum atomic E-state index is 10.5. The number of rotatable bonds is 5. The Bertz CT molecular complexity index is 383. The quantitative estimate of drug-likeness (QED) is 0.799. The van der Waals surface area contributed by atoms with Crippen LogP contribution in [-0.2, 0) is 11.2 Å². The van der Waals surface area contributed by atoms with Gasteiger partial charge >= 0.3 is 5.97 Å². The van der Waals surface area contributed by atoms with E-state index in [2.05, 4.69) is 0 Å². The molecular weight excluding hydrogens is 204 g/mol. The summed E-state index contributed by atoms with van der Waals surface area (Å²) in [7, 11) is 0. The molecule has 2 N–H and O–H groups in total. The zero-order valence-electron chi connectivity index (χ0n) is 9.10. The van der Waals surface area contributed by atoms with Gasteiger partial charge in [0, 0.05) is 6.42 Å². The third kappa shape index (κ3) is 2.83. The summed E-state index contributed by atoms with van der Waals surface area (Å²) in [5.41, 5.74) is 1.91. The van der Waals surface area contributed by atoms with Gasteiger partial charge in [-0.1, -0.05) is 24.3 Å². The molecule has 1 atom stereocenters. The lowest BCUT2D eigenvalue weighted by Crippen LogP contribution is -2.02. The normalized spacial score (nSPS) is 17.1. The minimum atomic E-state index is -0.784. The van der Waals surface area contributed by atoms with Crippen molar-refractivity contribution in [3.63, 3.8) is 0 Å². The summed E-state index contributed by atoms with van der Waals surface area (Å²) >= 11 is 0. The van der Waals surface area contributed by atoms with Gasteiger partial charge in [0.1, 0.15) is 0 Å². The number of benzene rings is 1. The Morgan fingerprint density at radius 2 is 2.19 bits per heavy atom. The number of aliphatic carboxylic acids is 1. The number of hydrogen-bond donors (Lipinski definition) is 2. The molecule has 0 heterocycles. The molecule has 1 aliphatic carbocycles. The molecule has 0 radical (unpaired) electrons. The maximum Gasteiger partial charge on any atom is 0.303 e. The second kappa shape index (κ2) is 4.66. The van der Waals surface area contributed by atoms with Crippen molar-refractivity contribution in [2.24, 2.45) is 5.92 Å². The summed E-state index contributed by atoms with van der Waals surface area (Å²) < 4.78 is 0. The van der Waals surface area contributed by atoms with Crippen LogP contribution in [0.4, 0.5) is 0 Å². The number of hydrogen-bond acceptors (Lipinski definition) is 2. The standard InChI is InChI=1S/C13H16O3/c14-12(15)7-4-9-2-1-3-11(8-9)13(16)10-5-6-10/h1-3,8,10,13,16H,4-7H2,(H,14,15). The van der Waals surface area contributed by atoms with Crippen LogP contribution in [0.15, 0.2) is 24.3 Å². The van der Waals surface area contributed by atoms with Crippen LogP contribution in [0.1, 0.15) is 36.5 Å². The Morgan fingerprint density at radius 3 is 2.81 bits per heavy atom. The van der Waals surface area contributed by atoms with Crippen molar-refractivity contribution in [3.8, 4) is 0 Å². The molecule has 3 nitrogen and oxygen atoms in total. The smallest absolute Gasteiger partial charge is 0.303 e. The second-order valence-electron chi connectivity index (χ2n) is 4.42. The van der Waals surface area contributed by atoms with Crippen LogP contribution in [0.25, 0.3) is 0 Å². The minimum absolute atomic E-state index is 0.142. The summed E-state index contributed by atoms with van der Waals surface area (Å²) in [6.07, 6.45) is 2.50. The molecule has 1 aliphatic rings. The van der Waals surface area contributed by atoms with E-state index in [-0.39, 0.29) is 12.5 Å². The van der Waals surface area contributed by atoms with Crippen molar-refractivity contribution in [3.05, 3.63) is 35.4 Å². The molecule has 1 aromatic carbocycles. The molecule has 1 fully saturated rings. The maximum absolute atomic E-state index is 10.5. The third-order valence-corrected chi connectivity index (χ3v) is 2.99. The van der Waals surface area contributed by atoms with Gasteiger partial charge in [0.15, 0.2) is 0 Å². The molecule has 1 unspecified atom stereocenters. The van der Waals surface area contributed by atoms with Gasteiger partial charge in [-0.25, -0.2) is 0 Å². The number of carboxylic acids is 1. The first-order valence-corrected chi connectivity index (χ1v) is 5.65. The van der Waals surface area contributed by atoms with Crippen LogP contribution in [0.2, 0.25) is 0 Å². The van der Waals surface area contributed by atoms with Crippen LogP contribution in [0, 0.1) is 5.92 Å². The molecule has 86 valence electrons. The Labute approximate surface area is 94.7 Å². The van der Waals surface area contributed by atoms with Gasteiger partial charge in [0.25, 0.3) is 0 Å². The van der Waals surface area contributed by atoms with Gasteiger partial charge in [-0.05, 0) is 36.3 Å². The average molecular weight is 220 g/mol. The van der Waals surface area contributed by atoms with Crippen molar-refractivity contribution < 1.29 is 15.0 Å². The lowest BCUT2D eigenvalue weighted by molar-refractivity contribution is -0.136. The molecule has 3 heteroatoms. The third-order valence-electron chi connectivity index (χ3n) is 2.99. The first-order valence-electron chi connectivity index (χ1n) is 5.65. The number of carboxylic acid groups (broad SMARTS) is 1. The van der Waals surface area contributed by atoms with Crippen molar-refractivity contribution in [1.29, 1.82) is 0 Å². The molecule has 1 saturated carbocycles. The number of aliphatic hydroxyl groups is 1. The second-order valence-corrected chi connectivity index (χ2v) is 4.42. The highest BCUT2D eigenvalue weighted by molar-refractivity contribution is 5.67. The summed E-state index contributed by atoms with van der Waals surface area (Å²) in [6.45, 7) is 0. The van der Waals surface area contributed by atoms with Crippen molar-refractivity contribution in [1.82, 2.24) is 0 Å². The first kappa shape index (κ1) is 11.1. The highest BCUT2D eigenvalue weighted by atomic mass is 16.4. The highest BCUT2D eigenvalue weighted by Gasteiger charge is 2.30. The van der Waals surface area contributed by atoms with Gasteiger partial charge in [-0.15, -0.1) is 0 Å². The molecule has 0 amide bonds.